The third-order valence-electron chi connectivity index (χ3n) is 6.30. The van der Waals surface area contributed by atoms with Crippen LogP contribution in [0.4, 0.5) is 0 Å². The van der Waals surface area contributed by atoms with Crippen LogP contribution in [0, 0.1) is 6.92 Å². The number of carbonyl (C=O) groups is 1. The van der Waals surface area contributed by atoms with Gasteiger partial charge in [0.1, 0.15) is 11.4 Å². The van der Waals surface area contributed by atoms with E-state index in [1.165, 1.54) is 5.56 Å². The highest BCUT2D eigenvalue weighted by atomic mass is 16.2. The molecule has 0 N–H and O–H groups in total. The van der Waals surface area contributed by atoms with Gasteiger partial charge in [-0.1, -0.05) is 32.9 Å². The van der Waals surface area contributed by atoms with Crippen molar-refractivity contribution in [2.75, 3.05) is 6.54 Å². The van der Waals surface area contributed by atoms with E-state index >= 15 is 0 Å². The van der Waals surface area contributed by atoms with E-state index in [2.05, 4.69) is 55.1 Å². The fourth-order valence-corrected chi connectivity index (χ4v) is 4.34. The number of fused-ring (bicyclic) bond motifs is 1. The van der Waals surface area contributed by atoms with Gasteiger partial charge in [0.15, 0.2) is 0 Å². The third-order valence-corrected chi connectivity index (χ3v) is 6.30. The normalized spacial score (nSPS) is 13.9. The van der Waals surface area contributed by atoms with Crippen LogP contribution in [0.1, 0.15) is 48.2 Å². The molecule has 4 aromatic rings. The summed E-state index contributed by atoms with van der Waals surface area (Å²) in [5, 5.41) is 4.49. The largest absolute Gasteiger partial charge is 0.330 e. The van der Waals surface area contributed by atoms with Crippen LogP contribution in [0.25, 0.3) is 11.4 Å². The fraction of sp³-hybridized carbons (Fsp3) is 0.308. The second-order valence-corrected chi connectivity index (χ2v) is 9.74. The fourth-order valence-electron chi connectivity index (χ4n) is 4.34. The molecule has 0 radical (unpaired) electrons. The van der Waals surface area contributed by atoms with Gasteiger partial charge in [-0.25, -0.2) is 9.67 Å². The first-order chi connectivity index (χ1) is 16.2. The predicted molar refractivity (Wildman–Crippen MR) is 130 cm³/mol. The third kappa shape index (κ3) is 3.85. The maximum Gasteiger partial charge on any atom is 0.275 e. The van der Waals surface area contributed by atoms with Gasteiger partial charge in [0, 0.05) is 25.5 Å². The average Bonchev–Trinajstić information content (AvgIpc) is 3.44. The Kier molecular flexibility index (Phi) is 5.23. The van der Waals surface area contributed by atoms with Gasteiger partial charge >= 0.3 is 0 Å². The minimum atomic E-state index is -0.188. The molecule has 5 rings (SSSR count). The van der Waals surface area contributed by atoms with E-state index in [9.17, 15) is 9.59 Å². The monoisotopic (exact) mass is 456 g/mol. The highest BCUT2D eigenvalue weighted by molar-refractivity contribution is 5.93. The van der Waals surface area contributed by atoms with Crippen molar-refractivity contribution in [1.29, 1.82) is 0 Å². The van der Waals surface area contributed by atoms with Gasteiger partial charge < -0.3 is 14.0 Å². The summed E-state index contributed by atoms with van der Waals surface area (Å²) in [6.07, 6.45) is 5.17. The van der Waals surface area contributed by atoms with Gasteiger partial charge in [-0.2, -0.15) is 5.10 Å². The molecule has 1 aromatic carbocycles. The first-order valence-corrected chi connectivity index (χ1v) is 11.4. The Morgan fingerprint density at radius 2 is 1.74 bits per heavy atom. The Labute approximate surface area is 198 Å². The van der Waals surface area contributed by atoms with Crippen LogP contribution < -0.4 is 5.56 Å². The number of hydrogen-bond donors (Lipinski definition) is 0. The Balaban J connectivity index is 1.39. The molecule has 0 unspecified atom stereocenters. The number of carbonyl (C=O) groups excluding carboxylic acids is 1. The first kappa shape index (κ1) is 21.9. The van der Waals surface area contributed by atoms with Crippen molar-refractivity contribution in [2.24, 2.45) is 0 Å². The zero-order chi connectivity index (χ0) is 24.0. The lowest BCUT2D eigenvalue weighted by atomic mass is 9.87. The molecule has 1 amide bonds. The zero-order valence-corrected chi connectivity index (χ0v) is 19.9. The SMILES string of the molecule is Cc1cn(-c2ccc3n(c2=O)CCN(Cc2ccnn2-c2ccc(C(C)(C)C)cc2)C3=O)cn1. The van der Waals surface area contributed by atoms with Gasteiger partial charge in [0.2, 0.25) is 0 Å². The summed E-state index contributed by atoms with van der Waals surface area (Å²) < 4.78 is 5.13. The lowest BCUT2D eigenvalue weighted by Gasteiger charge is -2.30. The second kappa shape index (κ2) is 8.13. The molecule has 8 nitrogen and oxygen atoms in total. The van der Waals surface area contributed by atoms with Crippen LogP contribution in [-0.4, -0.2) is 41.3 Å². The van der Waals surface area contributed by atoms with Crippen molar-refractivity contribution >= 4 is 5.91 Å². The molecule has 0 saturated heterocycles. The molecule has 4 heterocycles. The van der Waals surface area contributed by atoms with Crippen molar-refractivity contribution in [3.63, 3.8) is 0 Å². The van der Waals surface area contributed by atoms with Gasteiger partial charge in [-0.05, 0) is 48.2 Å². The summed E-state index contributed by atoms with van der Waals surface area (Å²) in [7, 11) is 0. The summed E-state index contributed by atoms with van der Waals surface area (Å²) >= 11 is 0. The molecule has 3 aromatic heterocycles. The Morgan fingerprint density at radius 3 is 2.41 bits per heavy atom. The minimum Gasteiger partial charge on any atom is -0.330 e. The van der Waals surface area contributed by atoms with Crippen LogP contribution >= 0.6 is 0 Å². The molecular weight excluding hydrogens is 428 g/mol. The Bertz CT molecular complexity index is 1420. The summed E-state index contributed by atoms with van der Waals surface area (Å²) in [5.41, 5.74) is 4.73. The molecule has 1 aliphatic rings. The van der Waals surface area contributed by atoms with Crippen molar-refractivity contribution < 1.29 is 4.79 Å². The Hall–Kier alpha value is -3.94. The van der Waals surface area contributed by atoms with Gasteiger partial charge in [-0.3, -0.25) is 9.59 Å². The Morgan fingerprint density at radius 1 is 0.971 bits per heavy atom. The van der Waals surface area contributed by atoms with E-state index in [1.54, 1.807) is 44.9 Å². The van der Waals surface area contributed by atoms with Crippen LogP contribution in [0.15, 0.2) is 66.0 Å². The lowest BCUT2D eigenvalue weighted by molar-refractivity contribution is 0.0683. The number of rotatable bonds is 4. The van der Waals surface area contributed by atoms with Crippen LogP contribution in [-0.2, 0) is 18.5 Å². The highest BCUT2D eigenvalue weighted by Crippen LogP contribution is 2.24. The minimum absolute atomic E-state index is 0.0771. The second-order valence-electron chi connectivity index (χ2n) is 9.74. The van der Waals surface area contributed by atoms with Crippen LogP contribution in [0.2, 0.25) is 0 Å². The molecule has 0 atom stereocenters. The summed E-state index contributed by atoms with van der Waals surface area (Å²) in [6.45, 7) is 9.74. The molecule has 34 heavy (non-hydrogen) atoms. The predicted octanol–water partition coefficient (Wildman–Crippen LogP) is 3.48. The van der Waals surface area contributed by atoms with Crippen LogP contribution in [0.3, 0.4) is 0 Å². The molecule has 8 heteroatoms. The van der Waals surface area contributed by atoms with Gasteiger partial charge in [0.25, 0.3) is 11.5 Å². The number of aromatic nitrogens is 5. The molecule has 0 bridgehead atoms. The molecule has 0 aliphatic carbocycles. The number of amides is 1. The summed E-state index contributed by atoms with van der Waals surface area (Å²) in [6, 6.07) is 13.7. The summed E-state index contributed by atoms with van der Waals surface area (Å²) in [4.78, 5) is 32.3. The van der Waals surface area contributed by atoms with E-state index in [4.69, 9.17) is 0 Å². The maximum absolute atomic E-state index is 13.3. The van der Waals surface area contributed by atoms with E-state index < -0.39 is 0 Å². The van der Waals surface area contributed by atoms with Gasteiger partial charge in [0.05, 0.1) is 29.9 Å². The molecule has 1 aliphatic heterocycles. The quantitative estimate of drug-likeness (QED) is 0.471. The molecule has 0 fully saturated rings. The molecule has 0 spiro atoms. The zero-order valence-electron chi connectivity index (χ0n) is 19.9. The molecule has 174 valence electrons. The van der Waals surface area contributed by atoms with E-state index in [0.29, 0.717) is 31.0 Å². The first-order valence-electron chi connectivity index (χ1n) is 11.4. The standard InChI is InChI=1S/C26H28N6O2/c1-18-15-30(17-27-18)22-9-10-23-24(33)29(13-14-31(23)25(22)34)16-21-11-12-28-32(21)20-7-5-19(6-8-20)26(2,3)4/h5-12,15,17H,13-14,16H2,1-4H3. The van der Waals surface area contributed by atoms with Crippen molar-refractivity contribution in [2.45, 2.75) is 46.2 Å². The maximum atomic E-state index is 13.3. The topological polar surface area (TPSA) is 78.0 Å². The van der Waals surface area contributed by atoms with Crippen LogP contribution in [0.5, 0.6) is 0 Å². The number of imidazole rings is 1. The number of nitrogens with zero attached hydrogens (tertiary/aromatic N) is 6. The van der Waals surface area contributed by atoms with E-state index in [1.807, 2.05) is 17.7 Å². The van der Waals surface area contributed by atoms with Crippen molar-refractivity contribution in [3.8, 4) is 11.4 Å². The molecule has 0 saturated carbocycles. The molecular formula is C26H28N6O2. The highest BCUT2D eigenvalue weighted by Gasteiger charge is 2.27. The number of pyridine rings is 1. The number of aryl methyl sites for hydroxylation is 1. The lowest BCUT2D eigenvalue weighted by Crippen LogP contribution is -2.44. The smallest absolute Gasteiger partial charge is 0.275 e. The number of hydrogen-bond acceptors (Lipinski definition) is 4. The van der Waals surface area contributed by atoms with E-state index in [0.717, 1.165) is 17.1 Å². The van der Waals surface area contributed by atoms with Crippen molar-refractivity contribution in [1.82, 2.24) is 28.8 Å². The summed E-state index contributed by atoms with van der Waals surface area (Å²) in [5.74, 6) is -0.160. The van der Waals surface area contributed by atoms with E-state index in [-0.39, 0.29) is 16.9 Å². The number of benzene rings is 1. The average molecular weight is 457 g/mol. The van der Waals surface area contributed by atoms with Crippen molar-refractivity contribution in [3.05, 3.63) is 94.2 Å². The van der Waals surface area contributed by atoms with Gasteiger partial charge in [-0.15, -0.1) is 0 Å².